The first-order chi connectivity index (χ1) is 16.2. The van der Waals surface area contributed by atoms with Crippen molar-refractivity contribution in [2.24, 2.45) is 17.6 Å². The van der Waals surface area contributed by atoms with Gasteiger partial charge in [0.2, 0.25) is 23.6 Å². The third kappa shape index (κ3) is 3.32. The van der Waals surface area contributed by atoms with E-state index in [-0.39, 0.29) is 31.2 Å². The Kier molecular flexibility index (Phi) is 5.45. The number of benzene rings is 2. The first kappa shape index (κ1) is 22.6. The predicted octanol–water partition coefficient (Wildman–Crippen LogP) is 1.88. The average molecular weight is 481 g/mol. The minimum atomic E-state index is -1.44. The number of anilines is 1. The molecule has 0 aliphatic carbocycles. The van der Waals surface area contributed by atoms with Crippen molar-refractivity contribution in [3.05, 3.63) is 64.2 Å². The Balaban J connectivity index is 1.55. The molecule has 0 radical (unpaired) electrons. The molecule has 2 fully saturated rings. The summed E-state index contributed by atoms with van der Waals surface area (Å²) in [5, 5.41) is 6.62. The van der Waals surface area contributed by atoms with Gasteiger partial charge < -0.3 is 11.1 Å². The van der Waals surface area contributed by atoms with Gasteiger partial charge in [-0.25, -0.2) is 0 Å². The first-order valence-corrected chi connectivity index (χ1v) is 11.7. The molecule has 2 aromatic rings. The smallest absolute Gasteiger partial charge is 0.250 e. The fraction of sp³-hybridized carbons (Fsp3) is 0.360. The molecule has 0 aromatic heterocycles. The molecule has 9 heteroatoms. The number of nitrogens with zero attached hydrogens (tertiary/aromatic N) is 1. The van der Waals surface area contributed by atoms with Crippen LogP contribution in [0.4, 0.5) is 5.69 Å². The van der Waals surface area contributed by atoms with Crippen molar-refractivity contribution in [1.82, 2.24) is 10.2 Å². The summed E-state index contributed by atoms with van der Waals surface area (Å²) in [6.07, 6.45) is 0.787. The van der Waals surface area contributed by atoms with Crippen molar-refractivity contribution in [1.29, 1.82) is 0 Å². The van der Waals surface area contributed by atoms with Crippen LogP contribution in [0.15, 0.2) is 42.5 Å². The molecule has 2 saturated heterocycles. The maximum absolute atomic E-state index is 13.7. The maximum Gasteiger partial charge on any atom is 0.250 e. The second kappa shape index (κ2) is 8.21. The molecule has 0 saturated carbocycles. The highest BCUT2D eigenvalue weighted by molar-refractivity contribution is 6.31. The summed E-state index contributed by atoms with van der Waals surface area (Å²) in [6, 6.07) is 12.4. The van der Waals surface area contributed by atoms with Crippen molar-refractivity contribution >= 4 is 40.9 Å². The van der Waals surface area contributed by atoms with Crippen LogP contribution in [0.2, 0.25) is 5.02 Å². The Morgan fingerprint density at radius 2 is 1.88 bits per heavy atom. The number of amides is 4. The fourth-order valence-electron chi connectivity index (χ4n) is 5.75. The monoisotopic (exact) mass is 480 g/mol. The van der Waals surface area contributed by atoms with Crippen molar-refractivity contribution in [2.45, 2.75) is 37.8 Å². The van der Waals surface area contributed by atoms with Crippen molar-refractivity contribution in [3.8, 4) is 0 Å². The number of rotatable bonds is 6. The number of imide groups is 1. The van der Waals surface area contributed by atoms with E-state index in [1.54, 1.807) is 12.1 Å². The summed E-state index contributed by atoms with van der Waals surface area (Å²) < 4.78 is 0. The zero-order chi connectivity index (χ0) is 24.2. The second-order valence-electron chi connectivity index (χ2n) is 9.23. The van der Waals surface area contributed by atoms with E-state index in [2.05, 4.69) is 10.6 Å². The molecule has 3 heterocycles. The molecule has 3 aliphatic heterocycles. The lowest BCUT2D eigenvalue weighted by atomic mass is 9.76. The van der Waals surface area contributed by atoms with Gasteiger partial charge in [0.15, 0.2) is 0 Å². The summed E-state index contributed by atoms with van der Waals surface area (Å²) in [6.45, 7) is 2.05. The number of nitrogens with two attached hydrogens (primary N) is 1. The molecule has 3 aliphatic rings. The third-order valence-electron chi connectivity index (χ3n) is 7.25. The van der Waals surface area contributed by atoms with Crippen LogP contribution in [0.25, 0.3) is 0 Å². The number of hydrogen-bond acceptors (Lipinski definition) is 5. The topological polar surface area (TPSA) is 122 Å². The minimum absolute atomic E-state index is 0.0332. The number of aryl methyl sites for hydroxylation is 1. The Morgan fingerprint density at radius 3 is 2.59 bits per heavy atom. The first-order valence-electron chi connectivity index (χ1n) is 11.3. The standard InChI is InChI=1S/C25H25ClN4O4/c1-13-11-15(26)12-16-21(13)28-24(34)25(16)20-19(17(29-25)7-8-18(27)31)22(32)30(23(20)33)10-9-14-5-3-2-4-6-14/h2-6,11-12,17,19-20,29H,7-10H2,1H3,(H2,27,31)(H,28,34)/t17-,19+,20-,25+/m0/s1. The number of hydrogen-bond donors (Lipinski definition) is 3. The van der Waals surface area contributed by atoms with Gasteiger partial charge in [-0.3, -0.25) is 29.4 Å². The molecular formula is C25H25ClN4O4. The number of fused-ring (bicyclic) bond motifs is 4. The molecule has 8 nitrogen and oxygen atoms in total. The van der Waals surface area contributed by atoms with Crippen LogP contribution >= 0.6 is 11.6 Å². The van der Waals surface area contributed by atoms with E-state index >= 15 is 0 Å². The summed E-state index contributed by atoms with van der Waals surface area (Å²) in [5.74, 6) is -3.33. The van der Waals surface area contributed by atoms with E-state index in [1.807, 2.05) is 37.3 Å². The highest BCUT2D eigenvalue weighted by Gasteiger charge is 2.70. The molecule has 1 spiro atoms. The number of halogens is 1. The predicted molar refractivity (Wildman–Crippen MR) is 126 cm³/mol. The number of carbonyl (C=O) groups is 4. The van der Waals surface area contributed by atoms with E-state index in [9.17, 15) is 19.2 Å². The second-order valence-corrected chi connectivity index (χ2v) is 9.67. The van der Waals surface area contributed by atoms with E-state index in [0.29, 0.717) is 22.7 Å². The number of carbonyl (C=O) groups excluding carboxylic acids is 4. The molecular weight excluding hydrogens is 456 g/mol. The largest absolute Gasteiger partial charge is 0.370 e. The molecule has 4 N–H and O–H groups in total. The van der Waals surface area contributed by atoms with Crippen LogP contribution in [0.1, 0.15) is 29.5 Å². The fourth-order valence-corrected chi connectivity index (χ4v) is 6.02. The van der Waals surface area contributed by atoms with Gasteiger partial charge in [0.1, 0.15) is 5.54 Å². The van der Waals surface area contributed by atoms with Gasteiger partial charge in [-0.1, -0.05) is 41.9 Å². The Bertz CT molecular complexity index is 1220. The van der Waals surface area contributed by atoms with E-state index < -0.39 is 35.2 Å². The number of likely N-dealkylation sites (tertiary alicyclic amines) is 1. The van der Waals surface area contributed by atoms with Crippen LogP contribution in [-0.2, 0) is 31.1 Å². The average Bonchev–Trinajstić information content (AvgIpc) is 3.37. The van der Waals surface area contributed by atoms with E-state index in [1.165, 1.54) is 4.90 Å². The van der Waals surface area contributed by atoms with Crippen LogP contribution in [0, 0.1) is 18.8 Å². The summed E-state index contributed by atoms with van der Waals surface area (Å²) in [5.41, 5.74) is 6.86. The van der Waals surface area contributed by atoms with Crippen LogP contribution < -0.4 is 16.4 Å². The lowest BCUT2D eigenvalue weighted by molar-refractivity contribution is -0.142. The molecule has 176 valence electrons. The molecule has 0 unspecified atom stereocenters. The molecule has 2 aromatic carbocycles. The lowest BCUT2D eigenvalue weighted by Gasteiger charge is -2.29. The summed E-state index contributed by atoms with van der Waals surface area (Å²) in [7, 11) is 0. The van der Waals surface area contributed by atoms with E-state index in [0.717, 1.165) is 11.1 Å². The summed E-state index contributed by atoms with van der Waals surface area (Å²) in [4.78, 5) is 53.6. The summed E-state index contributed by atoms with van der Waals surface area (Å²) >= 11 is 6.34. The van der Waals surface area contributed by atoms with Crippen molar-refractivity contribution in [2.75, 3.05) is 11.9 Å². The van der Waals surface area contributed by atoms with Gasteiger partial charge >= 0.3 is 0 Å². The molecule has 0 bridgehead atoms. The highest BCUT2D eigenvalue weighted by atomic mass is 35.5. The Labute approximate surface area is 201 Å². The molecule has 5 rings (SSSR count). The van der Waals surface area contributed by atoms with Crippen LogP contribution in [-0.4, -0.2) is 41.1 Å². The van der Waals surface area contributed by atoms with E-state index in [4.69, 9.17) is 17.3 Å². The lowest BCUT2D eigenvalue weighted by Crippen LogP contribution is -2.53. The highest BCUT2D eigenvalue weighted by Crippen LogP contribution is 2.54. The SMILES string of the molecule is Cc1cc(Cl)cc2c1NC(=O)[C@@]21N[C@@H](CCC(N)=O)[C@H]2C(=O)N(CCc3ccccc3)C(=O)[C@H]21. The zero-order valence-corrected chi connectivity index (χ0v) is 19.4. The van der Waals surface area contributed by atoms with Gasteiger partial charge in [0.25, 0.3) is 0 Å². The zero-order valence-electron chi connectivity index (χ0n) is 18.6. The number of primary amides is 1. The third-order valence-corrected chi connectivity index (χ3v) is 7.46. The van der Waals surface area contributed by atoms with Gasteiger partial charge in [-0.2, -0.15) is 0 Å². The van der Waals surface area contributed by atoms with Crippen molar-refractivity contribution in [3.63, 3.8) is 0 Å². The normalized spacial score (nSPS) is 27.3. The molecule has 34 heavy (non-hydrogen) atoms. The maximum atomic E-state index is 13.7. The van der Waals surface area contributed by atoms with Crippen molar-refractivity contribution < 1.29 is 19.2 Å². The quantitative estimate of drug-likeness (QED) is 0.545. The van der Waals surface area contributed by atoms with Crippen LogP contribution in [0.3, 0.4) is 0 Å². The van der Waals surface area contributed by atoms with Gasteiger partial charge in [0, 0.05) is 35.3 Å². The molecule has 4 atom stereocenters. The van der Waals surface area contributed by atoms with Gasteiger partial charge in [-0.15, -0.1) is 0 Å². The Morgan fingerprint density at radius 1 is 1.15 bits per heavy atom. The molecule has 4 amide bonds. The van der Waals surface area contributed by atoms with Gasteiger partial charge in [-0.05, 0) is 43.0 Å². The Hall–Kier alpha value is -3.23. The number of nitrogens with one attached hydrogen (secondary N) is 2. The van der Waals surface area contributed by atoms with Crippen LogP contribution in [0.5, 0.6) is 0 Å². The van der Waals surface area contributed by atoms with Gasteiger partial charge in [0.05, 0.1) is 11.8 Å². The minimum Gasteiger partial charge on any atom is -0.370 e.